The van der Waals surface area contributed by atoms with Crippen molar-refractivity contribution in [2.75, 3.05) is 31.7 Å². The molecule has 0 radical (unpaired) electrons. The van der Waals surface area contributed by atoms with E-state index in [-0.39, 0.29) is 6.54 Å². The molecule has 0 bridgehead atoms. The average Bonchev–Trinajstić information content (AvgIpc) is 2.28. The smallest absolute Gasteiger partial charge is 0.323 e. The van der Waals surface area contributed by atoms with Crippen LogP contribution in [0, 0.1) is 6.92 Å². The lowest BCUT2D eigenvalue weighted by atomic mass is 10.2. The molecule has 0 fully saturated rings. The van der Waals surface area contributed by atoms with Gasteiger partial charge in [0.15, 0.2) is 0 Å². The molecule has 4 nitrogen and oxygen atoms in total. The molecule has 94 valence electrons. The van der Waals surface area contributed by atoms with Gasteiger partial charge in [-0.3, -0.25) is 4.79 Å². The minimum Gasteiger partial charge on any atom is -0.480 e. The summed E-state index contributed by atoms with van der Waals surface area (Å²) in [6, 6.07) is 7.87. The molecule has 0 aromatic heterocycles. The second-order valence-electron chi connectivity index (χ2n) is 4.00. The summed E-state index contributed by atoms with van der Waals surface area (Å²) >= 11 is 0. The van der Waals surface area contributed by atoms with Crippen LogP contribution in [-0.4, -0.2) is 37.9 Å². The molecule has 1 aromatic rings. The summed E-state index contributed by atoms with van der Waals surface area (Å²) in [5.41, 5.74) is 2.11. The molecule has 0 heterocycles. The molecule has 1 rings (SSSR count). The summed E-state index contributed by atoms with van der Waals surface area (Å²) in [7, 11) is 1.65. The van der Waals surface area contributed by atoms with Crippen molar-refractivity contribution in [2.24, 2.45) is 0 Å². The summed E-state index contributed by atoms with van der Waals surface area (Å²) in [4.78, 5) is 12.7. The predicted octanol–water partition coefficient (Wildman–Crippen LogP) is 1.92. The number of anilines is 1. The molecule has 0 amide bonds. The zero-order valence-corrected chi connectivity index (χ0v) is 10.3. The molecular weight excluding hydrogens is 218 g/mol. The largest absolute Gasteiger partial charge is 0.480 e. The summed E-state index contributed by atoms with van der Waals surface area (Å²) in [5, 5.41) is 8.88. The monoisotopic (exact) mass is 237 g/mol. The number of ether oxygens (including phenoxy) is 1. The van der Waals surface area contributed by atoms with E-state index < -0.39 is 5.97 Å². The van der Waals surface area contributed by atoms with E-state index in [1.807, 2.05) is 36.1 Å². The highest BCUT2D eigenvalue weighted by atomic mass is 16.5. The highest BCUT2D eigenvalue weighted by Crippen LogP contribution is 2.15. The first-order chi connectivity index (χ1) is 8.13. The van der Waals surface area contributed by atoms with E-state index >= 15 is 0 Å². The second kappa shape index (κ2) is 6.91. The number of rotatable bonds is 7. The van der Waals surface area contributed by atoms with Gasteiger partial charge in [-0.2, -0.15) is 0 Å². The van der Waals surface area contributed by atoms with Crippen LogP contribution in [0.1, 0.15) is 12.0 Å². The lowest BCUT2D eigenvalue weighted by Crippen LogP contribution is -2.31. The second-order valence-corrected chi connectivity index (χ2v) is 4.00. The zero-order chi connectivity index (χ0) is 12.7. The molecular formula is C13H19NO3. The van der Waals surface area contributed by atoms with Crippen molar-refractivity contribution in [3.8, 4) is 0 Å². The molecule has 4 heteroatoms. The van der Waals surface area contributed by atoms with Gasteiger partial charge < -0.3 is 14.7 Å². The number of carboxylic acid groups (broad SMARTS) is 1. The third-order valence-electron chi connectivity index (χ3n) is 2.50. The first-order valence-electron chi connectivity index (χ1n) is 5.66. The van der Waals surface area contributed by atoms with E-state index in [0.717, 1.165) is 12.1 Å². The number of aliphatic carboxylic acids is 1. The number of nitrogens with zero attached hydrogens (tertiary/aromatic N) is 1. The van der Waals surface area contributed by atoms with E-state index in [0.29, 0.717) is 13.2 Å². The molecule has 0 spiro atoms. The number of aryl methyl sites for hydroxylation is 1. The van der Waals surface area contributed by atoms with Gasteiger partial charge in [0.25, 0.3) is 0 Å². The molecule has 0 aliphatic rings. The molecule has 0 aliphatic carbocycles. The standard InChI is InChI=1S/C13H19NO3/c1-11-4-6-12(7-5-11)14(10-13(15)16)8-3-9-17-2/h4-7H,3,8-10H2,1-2H3,(H,15,16). The first-order valence-corrected chi connectivity index (χ1v) is 5.66. The van der Waals surface area contributed by atoms with Crippen LogP contribution in [0.2, 0.25) is 0 Å². The molecule has 0 aliphatic heterocycles. The summed E-state index contributed by atoms with van der Waals surface area (Å²) in [5.74, 6) is -0.817. The maximum Gasteiger partial charge on any atom is 0.323 e. The van der Waals surface area contributed by atoms with Crippen LogP contribution in [0.4, 0.5) is 5.69 Å². The Bertz CT molecular complexity index is 348. The Hall–Kier alpha value is -1.55. The van der Waals surface area contributed by atoms with Crippen LogP contribution in [0.25, 0.3) is 0 Å². The van der Waals surface area contributed by atoms with Crippen LogP contribution in [0.3, 0.4) is 0 Å². The third-order valence-corrected chi connectivity index (χ3v) is 2.50. The van der Waals surface area contributed by atoms with Crippen molar-refractivity contribution < 1.29 is 14.6 Å². The van der Waals surface area contributed by atoms with Crippen molar-refractivity contribution in [3.63, 3.8) is 0 Å². The third kappa shape index (κ3) is 4.87. The van der Waals surface area contributed by atoms with Gasteiger partial charge in [0.1, 0.15) is 6.54 Å². The van der Waals surface area contributed by atoms with Gasteiger partial charge in [-0.1, -0.05) is 17.7 Å². The van der Waals surface area contributed by atoms with Crippen LogP contribution < -0.4 is 4.90 Å². The van der Waals surface area contributed by atoms with E-state index in [1.54, 1.807) is 7.11 Å². The van der Waals surface area contributed by atoms with Gasteiger partial charge >= 0.3 is 5.97 Å². The number of carbonyl (C=O) groups is 1. The predicted molar refractivity (Wildman–Crippen MR) is 67.5 cm³/mol. The lowest BCUT2D eigenvalue weighted by molar-refractivity contribution is -0.135. The fraction of sp³-hybridized carbons (Fsp3) is 0.462. The topological polar surface area (TPSA) is 49.8 Å². The van der Waals surface area contributed by atoms with E-state index in [2.05, 4.69) is 0 Å². The summed E-state index contributed by atoms with van der Waals surface area (Å²) in [6.07, 6.45) is 0.817. The molecule has 0 unspecified atom stereocenters. The Balaban J connectivity index is 2.67. The maximum atomic E-state index is 10.8. The van der Waals surface area contributed by atoms with Crippen molar-refractivity contribution in [1.82, 2.24) is 0 Å². The summed E-state index contributed by atoms with van der Waals surface area (Å²) in [6.45, 7) is 3.36. The number of hydrogen-bond acceptors (Lipinski definition) is 3. The fourth-order valence-electron chi connectivity index (χ4n) is 1.62. The minimum atomic E-state index is -0.817. The fourth-order valence-corrected chi connectivity index (χ4v) is 1.62. The van der Waals surface area contributed by atoms with E-state index in [1.165, 1.54) is 5.56 Å². The van der Waals surface area contributed by atoms with Gasteiger partial charge in [-0.05, 0) is 25.5 Å². The number of methoxy groups -OCH3 is 1. The lowest BCUT2D eigenvalue weighted by Gasteiger charge is -2.22. The van der Waals surface area contributed by atoms with E-state index in [9.17, 15) is 4.79 Å². The highest BCUT2D eigenvalue weighted by Gasteiger charge is 2.09. The quantitative estimate of drug-likeness (QED) is 0.736. The highest BCUT2D eigenvalue weighted by molar-refractivity contribution is 5.73. The van der Waals surface area contributed by atoms with Crippen molar-refractivity contribution in [2.45, 2.75) is 13.3 Å². The van der Waals surface area contributed by atoms with Gasteiger partial charge in [0, 0.05) is 25.9 Å². The first kappa shape index (κ1) is 13.5. The SMILES string of the molecule is COCCCN(CC(=O)O)c1ccc(C)cc1. The Morgan fingerprint density at radius 1 is 1.35 bits per heavy atom. The van der Waals surface area contributed by atoms with Crippen LogP contribution in [0.5, 0.6) is 0 Å². The average molecular weight is 237 g/mol. The molecule has 0 saturated carbocycles. The van der Waals surface area contributed by atoms with Gasteiger partial charge in [0.2, 0.25) is 0 Å². The Kier molecular flexibility index (Phi) is 5.49. The molecule has 17 heavy (non-hydrogen) atoms. The Morgan fingerprint density at radius 2 is 2.00 bits per heavy atom. The number of benzene rings is 1. The van der Waals surface area contributed by atoms with Crippen LogP contribution in [-0.2, 0) is 9.53 Å². The van der Waals surface area contributed by atoms with E-state index in [4.69, 9.17) is 9.84 Å². The molecule has 1 N–H and O–H groups in total. The van der Waals surface area contributed by atoms with Gasteiger partial charge in [-0.15, -0.1) is 0 Å². The van der Waals surface area contributed by atoms with Gasteiger partial charge in [0.05, 0.1) is 0 Å². The molecule has 0 saturated heterocycles. The minimum absolute atomic E-state index is 0.0206. The van der Waals surface area contributed by atoms with Gasteiger partial charge in [-0.25, -0.2) is 0 Å². The molecule has 0 atom stereocenters. The van der Waals surface area contributed by atoms with Crippen molar-refractivity contribution in [1.29, 1.82) is 0 Å². The summed E-state index contributed by atoms with van der Waals surface area (Å²) < 4.78 is 4.98. The van der Waals surface area contributed by atoms with Crippen LogP contribution in [0.15, 0.2) is 24.3 Å². The number of carboxylic acids is 1. The maximum absolute atomic E-state index is 10.8. The Labute approximate surface area is 102 Å². The normalized spacial score (nSPS) is 10.2. The molecule has 1 aromatic carbocycles. The van der Waals surface area contributed by atoms with Crippen molar-refractivity contribution in [3.05, 3.63) is 29.8 Å². The van der Waals surface area contributed by atoms with Crippen LogP contribution >= 0.6 is 0 Å². The van der Waals surface area contributed by atoms with Crippen molar-refractivity contribution >= 4 is 11.7 Å². The number of hydrogen-bond donors (Lipinski definition) is 1. The zero-order valence-electron chi connectivity index (χ0n) is 10.3. The Morgan fingerprint density at radius 3 is 2.53 bits per heavy atom.